The van der Waals surface area contributed by atoms with Crippen molar-refractivity contribution in [2.75, 3.05) is 12.9 Å². The molecule has 0 unspecified atom stereocenters. The van der Waals surface area contributed by atoms with Gasteiger partial charge in [0.2, 0.25) is 0 Å². The highest BCUT2D eigenvalue weighted by molar-refractivity contribution is 7.99. The Morgan fingerprint density at radius 3 is 2.88 bits per heavy atom. The second-order valence-corrected chi connectivity index (χ2v) is 7.63. The van der Waals surface area contributed by atoms with Gasteiger partial charge in [0.25, 0.3) is 0 Å². The molecule has 0 saturated heterocycles. The molecular formula is C17H17N3O2S2. The zero-order chi connectivity index (χ0) is 17.1. The lowest BCUT2D eigenvalue weighted by atomic mass is 10.2. The number of benzene rings is 1. The SMILES string of the molecule is COc1cccc(-n2cnnc2SCC(=O)c2cc(C)sc2C)c1. The molecule has 2 aromatic heterocycles. The molecule has 0 aliphatic carbocycles. The summed E-state index contributed by atoms with van der Waals surface area (Å²) in [4.78, 5) is 14.6. The minimum Gasteiger partial charge on any atom is -0.497 e. The van der Waals surface area contributed by atoms with Crippen molar-refractivity contribution in [3.05, 3.63) is 52.0 Å². The Bertz CT molecular complexity index is 870. The van der Waals surface area contributed by atoms with Crippen LogP contribution in [0.3, 0.4) is 0 Å². The molecule has 0 radical (unpaired) electrons. The van der Waals surface area contributed by atoms with Crippen molar-refractivity contribution in [3.63, 3.8) is 0 Å². The van der Waals surface area contributed by atoms with Crippen LogP contribution in [0, 0.1) is 13.8 Å². The Hall–Kier alpha value is -2.12. The number of aryl methyl sites for hydroxylation is 2. The van der Waals surface area contributed by atoms with Gasteiger partial charge in [0.15, 0.2) is 10.9 Å². The molecule has 2 heterocycles. The number of ether oxygens (including phenoxy) is 1. The highest BCUT2D eigenvalue weighted by Crippen LogP contribution is 2.26. The largest absolute Gasteiger partial charge is 0.497 e. The quantitative estimate of drug-likeness (QED) is 0.493. The lowest BCUT2D eigenvalue weighted by molar-refractivity contribution is 0.102. The highest BCUT2D eigenvalue weighted by atomic mass is 32.2. The highest BCUT2D eigenvalue weighted by Gasteiger charge is 2.15. The molecule has 0 aliphatic heterocycles. The summed E-state index contributed by atoms with van der Waals surface area (Å²) >= 11 is 3.03. The van der Waals surface area contributed by atoms with E-state index in [0.29, 0.717) is 10.9 Å². The number of aromatic nitrogens is 3. The van der Waals surface area contributed by atoms with Crippen LogP contribution in [0.4, 0.5) is 0 Å². The molecule has 7 heteroatoms. The molecule has 24 heavy (non-hydrogen) atoms. The Labute approximate surface area is 148 Å². The van der Waals surface area contributed by atoms with Crippen LogP contribution in [-0.4, -0.2) is 33.4 Å². The summed E-state index contributed by atoms with van der Waals surface area (Å²) in [7, 11) is 1.63. The zero-order valence-corrected chi connectivity index (χ0v) is 15.3. The van der Waals surface area contributed by atoms with E-state index in [1.54, 1.807) is 24.8 Å². The molecule has 5 nitrogen and oxygen atoms in total. The van der Waals surface area contributed by atoms with E-state index in [1.165, 1.54) is 11.8 Å². The molecule has 0 saturated carbocycles. The number of thioether (sulfide) groups is 1. The summed E-state index contributed by atoms with van der Waals surface area (Å²) in [6.07, 6.45) is 1.64. The smallest absolute Gasteiger partial charge is 0.196 e. The number of Topliss-reactive ketones (excluding diaryl/α,β-unsaturated/α-hetero) is 1. The average molecular weight is 359 g/mol. The first-order valence-electron chi connectivity index (χ1n) is 7.36. The van der Waals surface area contributed by atoms with E-state index in [2.05, 4.69) is 10.2 Å². The van der Waals surface area contributed by atoms with Crippen LogP contribution in [0.5, 0.6) is 5.75 Å². The van der Waals surface area contributed by atoms with E-state index in [0.717, 1.165) is 26.8 Å². The van der Waals surface area contributed by atoms with Gasteiger partial charge in [0.05, 0.1) is 18.6 Å². The minimum atomic E-state index is 0.113. The molecule has 0 amide bonds. The van der Waals surface area contributed by atoms with Gasteiger partial charge in [-0.25, -0.2) is 0 Å². The molecule has 124 valence electrons. The molecule has 1 aromatic carbocycles. The molecule has 0 N–H and O–H groups in total. The van der Waals surface area contributed by atoms with Gasteiger partial charge in [-0.05, 0) is 32.0 Å². The number of hydrogen-bond acceptors (Lipinski definition) is 6. The maximum Gasteiger partial charge on any atom is 0.196 e. The van der Waals surface area contributed by atoms with E-state index >= 15 is 0 Å². The third kappa shape index (κ3) is 3.52. The first-order chi connectivity index (χ1) is 11.6. The van der Waals surface area contributed by atoms with Crippen molar-refractivity contribution in [1.82, 2.24) is 14.8 Å². The first-order valence-corrected chi connectivity index (χ1v) is 9.16. The number of rotatable bonds is 6. The monoisotopic (exact) mass is 359 g/mol. The third-order valence-electron chi connectivity index (χ3n) is 3.52. The second-order valence-electron chi connectivity index (χ2n) is 5.22. The van der Waals surface area contributed by atoms with E-state index in [-0.39, 0.29) is 5.78 Å². The van der Waals surface area contributed by atoms with Crippen LogP contribution in [0.25, 0.3) is 5.69 Å². The van der Waals surface area contributed by atoms with Crippen molar-refractivity contribution >= 4 is 28.9 Å². The van der Waals surface area contributed by atoms with E-state index in [1.807, 2.05) is 48.7 Å². The Kier molecular flexibility index (Phi) is 5.01. The maximum absolute atomic E-state index is 12.4. The van der Waals surface area contributed by atoms with Gasteiger partial charge in [-0.1, -0.05) is 17.8 Å². The Morgan fingerprint density at radius 1 is 1.33 bits per heavy atom. The standard InChI is InChI=1S/C17H17N3O2S2/c1-11-7-15(12(2)24-11)16(21)9-23-17-19-18-10-20(17)13-5-4-6-14(8-13)22-3/h4-8,10H,9H2,1-3H3. The number of carbonyl (C=O) groups excluding carboxylic acids is 1. The van der Waals surface area contributed by atoms with Crippen molar-refractivity contribution in [3.8, 4) is 11.4 Å². The lowest BCUT2D eigenvalue weighted by Gasteiger charge is -2.07. The number of nitrogens with zero attached hydrogens (tertiary/aromatic N) is 3. The number of ketones is 1. The summed E-state index contributed by atoms with van der Waals surface area (Å²) in [5.41, 5.74) is 1.70. The van der Waals surface area contributed by atoms with Crippen molar-refractivity contribution in [2.24, 2.45) is 0 Å². The summed E-state index contributed by atoms with van der Waals surface area (Å²) in [6.45, 7) is 4.00. The maximum atomic E-state index is 12.4. The minimum absolute atomic E-state index is 0.113. The fourth-order valence-corrected chi connectivity index (χ4v) is 4.13. The summed E-state index contributed by atoms with van der Waals surface area (Å²) in [6, 6.07) is 9.60. The average Bonchev–Trinajstić information content (AvgIpc) is 3.18. The molecule has 3 rings (SSSR count). The number of methoxy groups -OCH3 is 1. The van der Waals surface area contributed by atoms with E-state index in [4.69, 9.17) is 4.74 Å². The molecule has 0 fully saturated rings. The van der Waals surface area contributed by atoms with Gasteiger partial charge in [-0.3, -0.25) is 9.36 Å². The van der Waals surface area contributed by atoms with Crippen molar-refractivity contribution in [1.29, 1.82) is 0 Å². The Morgan fingerprint density at radius 2 is 2.17 bits per heavy atom. The van der Waals surface area contributed by atoms with E-state index < -0.39 is 0 Å². The van der Waals surface area contributed by atoms with Crippen LogP contribution in [-0.2, 0) is 0 Å². The molecule has 3 aromatic rings. The van der Waals surface area contributed by atoms with Gasteiger partial charge in [0, 0.05) is 21.4 Å². The van der Waals surface area contributed by atoms with Crippen LogP contribution >= 0.6 is 23.1 Å². The van der Waals surface area contributed by atoms with Crippen LogP contribution in [0.15, 0.2) is 41.8 Å². The fourth-order valence-electron chi connectivity index (χ4n) is 2.38. The summed E-state index contributed by atoms with van der Waals surface area (Å²) in [5.74, 6) is 1.21. The number of hydrogen-bond donors (Lipinski definition) is 0. The predicted octanol–water partition coefficient (Wildman–Crippen LogP) is 3.93. The Balaban J connectivity index is 1.76. The second kappa shape index (κ2) is 7.19. The third-order valence-corrected chi connectivity index (χ3v) is 5.43. The molecular weight excluding hydrogens is 342 g/mol. The molecule has 0 bridgehead atoms. The van der Waals surface area contributed by atoms with Gasteiger partial charge >= 0.3 is 0 Å². The predicted molar refractivity (Wildman–Crippen MR) is 96.8 cm³/mol. The molecule has 0 aliphatic rings. The topological polar surface area (TPSA) is 57.0 Å². The molecule has 0 atom stereocenters. The van der Waals surface area contributed by atoms with Crippen LogP contribution in [0.2, 0.25) is 0 Å². The normalized spacial score (nSPS) is 10.8. The van der Waals surface area contributed by atoms with Gasteiger partial charge in [-0.15, -0.1) is 21.5 Å². The van der Waals surface area contributed by atoms with Gasteiger partial charge < -0.3 is 4.74 Å². The lowest BCUT2D eigenvalue weighted by Crippen LogP contribution is -2.04. The number of carbonyl (C=O) groups is 1. The first kappa shape index (κ1) is 16.7. The van der Waals surface area contributed by atoms with E-state index in [9.17, 15) is 4.79 Å². The van der Waals surface area contributed by atoms with Crippen molar-refractivity contribution in [2.45, 2.75) is 19.0 Å². The van der Waals surface area contributed by atoms with Crippen LogP contribution < -0.4 is 4.74 Å². The molecule has 0 spiro atoms. The number of thiophene rings is 1. The summed E-state index contributed by atoms with van der Waals surface area (Å²) < 4.78 is 7.10. The summed E-state index contributed by atoms with van der Waals surface area (Å²) in [5, 5.41) is 8.78. The van der Waals surface area contributed by atoms with Crippen molar-refractivity contribution < 1.29 is 9.53 Å². The fraction of sp³-hybridized carbons (Fsp3) is 0.235. The van der Waals surface area contributed by atoms with Gasteiger partial charge in [-0.2, -0.15) is 0 Å². The van der Waals surface area contributed by atoms with Gasteiger partial charge in [0.1, 0.15) is 12.1 Å². The van der Waals surface area contributed by atoms with Crippen LogP contribution in [0.1, 0.15) is 20.1 Å². The zero-order valence-electron chi connectivity index (χ0n) is 13.6.